The van der Waals surface area contributed by atoms with E-state index in [1.807, 2.05) is 12.1 Å². The smallest absolute Gasteiger partial charge is 0.322 e. The van der Waals surface area contributed by atoms with Crippen molar-refractivity contribution in [3.05, 3.63) is 59.7 Å². The van der Waals surface area contributed by atoms with Crippen molar-refractivity contribution in [1.29, 1.82) is 0 Å². The second kappa shape index (κ2) is 10.6. The number of carbonyl (C=O) groups is 2. The average Bonchev–Trinajstić information content (AvgIpc) is 2.90. The molecule has 0 unspecified atom stereocenters. The summed E-state index contributed by atoms with van der Waals surface area (Å²) in [5.74, 6) is 7.72. The van der Waals surface area contributed by atoms with Crippen LogP contribution in [-0.2, 0) is 4.79 Å². The van der Waals surface area contributed by atoms with Gasteiger partial charge in [0, 0.05) is 35.7 Å². The van der Waals surface area contributed by atoms with Gasteiger partial charge in [-0.2, -0.15) is 0 Å². The van der Waals surface area contributed by atoms with Gasteiger partial charge >= 0.3 is 6.03 Å². The van der Waals surface area contributed by atoms with Crippen molar-refractivity contribution < 1.29 is 19.4 Å². The number of nitrogens with zero attached hydrogens (tertiary/aromatic N) is 2. The van der Waals surface area contributed by atoms with Crippen LogP contribution < -0.4 is 10.1 Å². The topological polar surface area (TPSA) is 82.1 Å². The van der Waals surface area contributed by atoms with Crippen molar-refractivity contribution >= 4 is 17.6 Å². The van der Waals surface area contributed by atoms with Crippen LogP contribution in [0.15, 0.2) is 48.5 Å². The molecule has 2 aromatic carbocycles. The van der Waals surface area contributed by atoms with Crippen molar-refractivity contribution in [3.63, 3.8) is 0 Å². The molecule has 3 amide bonds. The summed E-state index contributed by atoms with van der Waals surface area (Å²) >= 11 is 0. The van der Waals surface area contributed by atoms with E-state index in [0.717, 1.165) is 11.1 Å². The zero-order chi connectivity index (χ0) is 25.1. The third-order valence-electron chi connectivity index (χ3n) is 7.68. The van der Waals surface area contributed by atoms with E-state index in [1.54, 1.807) is 41.2 Å². The van der Waals surface area contributed by atoms with E-state index in [9.17, 15) is 14.7 Å². The van der Waals surface area contributed by atoms with E-state index in [2.05, 4.69) is 29.3 Å². The van der Waals surface area contributed by atoms with Crippen LogP contribution in [0.3, 0.4) is 0 Å². The predicted octanol–water partition coefficient (Wildman–Crippen LogP) is 3.83. The van der Waals surface area contributed by atoms with Gasteiger partial charge in [-0.1, -0.05) is 49.3 Å². The van der Waals surface area contributed by atoms with Gasteiger partial charge in [-0.15, -0.1) is 0 Å². The number of anilines is 1. The van der Waals surface area contributed by atoms with Gasteiger partial charge in [-0.05, 0) is 42.7 Å². The Kier molecular flexibility index (Phi) is 7.15. The molecular weight excluding hydrogens is 454 g/mol. The first-order valence-electron chi connectivity index (χ1n) is 12.8. The van der Waals surface area contributed by atoms with Crippen LogP contribution in [-0.4, -0.2) is 65.7 Å². The number of ether oxygens (including phenoxy) is 1. The summed E-state index contributed by atoms with van der Waals surface area (Å²) in [4.78, 5) is 29.2. The Bertz CT molecular complexity index is 1160. The number of aliphatic hydroxyl groups excluding tert-OH is 1. The fourth-order valence-electron chi connectivity index (χ4n) is 5.78. The van der Waals surface area contributed by atoms with Crippen molar-refractivity contribution in [1.82, 2.24) is 9.80 Å². The van der Waals surface area contributed by atoms with Gasteiger partial charge in [0.25, 0.3) is 0 Å². The third-order valence-corrected chi connectivity index (χ3v) is 7.68. The number of amides is 3. The average molecular weight is 488 g/mol. The number of nitrogens with one attached hydrogen (secondary N) is 1. The molecule has 36 heavy (non-hydrogen) atoms. The molecule has 7 nitrogen and oxygen atoms in total. The largest absolute Gasteiger partial charge is 0.497 e. The van der Waals surface area contributed by atoms with E-state index < -0.39 is 0 Å². The Morgan fingerprint density at radius 1 is 1.14 bits per heavy atom. The van der Waals surface area contributed by atoms with Crippen LogP contribution in [0, 0.1) is 17.8 Å². The highest BCUT2D eigenvalue weighted by molar-refractivity contribution is 5.94. The van der Waals surface area contributed by atoms with Gasteiger partial charge in [-0.25, -0.2) is 4.79 Å². The maximum absolute atomic E-state index is 13.0. The molecular formula is C29H33N3O4. The standard InChI is InChI=1S/C29H33N3O4/c1-36-24-9-5-8-23(16-24)30-29(35)31-17-25-28(26(19-33)32(25)27(34)18-31)22-14-12-21(13-15-22)11-10-20-6-3-2-4-7-20/h5,8-9,12-16,20,25-26,28,33H,2-4,6-7,17-19H2,1H3,(H,30,35)/t25-,26+,28-/m0/s1. The third kappa shape index (κ3) is 4.91. The Hall–Kier alpha value is -3.50. The number of carbonyl (C=O) groups excluding carboxylic acids is 2. The first-order chi connectivity index (χ1) is 17.6. The van der Waals surface area contributed by atoms with Crippen LogP contribution in [0.5, 0.6) is 5.75 Å². The molecule has 0 spiro atoms. The number of hydrogen-bond acceptors (Lipinski definition) is 4. The Labute approximate surface area is 212 Å². The lowest BCUT2D eigenvalue weighted by Crippen LogP contribution is -2.73. The maximum Gasteiger partial charge on any atom is 0.322 e. The monoisotopic (exact) mass is 487 g/mol. The van der Waals surface area contributed by atoms with Crippen LogP contribution >= 0.6 is 0 Å². The number of benzene rings is 2. The summed E-state index contributed by atoms with van der Waals surface area (Å²) in [5, 5.41) is 12.9. The molecule has 5 rings (SSSR count). The molecule has 7 heteroatoms. The zero-order valence-electron chi connectivity index (χ0n) is 20.7. The molecule has 2 aromatic rings. The molecule has 0 aromatic heterocycles. The van der Waals surface area contributed by atoms with Gasteiger partial charge in [-0.3, -0.25) is 4.79 Å². The number of methoxy groups -OCH3 is 1. The van der Waals surface area contributed by atoms with E-state index in [-0.39, 0.29) is 43.1 Å². The highest BCUT2D eigenvalue weighted by Gasteiger charge is 2.54. The minimum atomic E-state index is -0.323. The molecule has 2 saturated heterocycles. The molecule has 2 aliphatic heterocycles. The summed E-state index contributed by atoms with van der Waals surface area (Å²) < 4.78 is 5.22. The first-order valence-corrected chi connectivity index (χ1v) is 12.8. The van der Waals surface area contributed by atoms with E-state index in [4.69, 9.17) is 4.74 Å². The van der Waals surface area contributed by atoms with Gasteiger partial charge in [0.05, 0.1) is 25.8 Å². The Morgan fingerprint density at radius 2 is 1.92 bits per heavy atom. The van der Waals surface area contributed by atoms with Crippen molar-refractivity contribution in [2.45, 2.75) is 50.1 Å². The lowest BCUT2D eigenvalue weighted by molar-refractivity contribution is -0.159. The molecule has 188 valence electrons. The molecule has 2 N–H and O–H groups in total. The summed E-state index contributed by atoms with van der Waals surface area (Å²) in [5.41, 5.74) is 2.65. The van der Waals surface area contributed by atoms with Gasteiger partial charge in [0.15, 0.2) is 0 Å². The van der Waals surface area contributed by atoms with Crippen molar-refractivity contribution in [2.24, 2.45) is 5.92 Å². The summed E-state index contributed by atoms with van der Waals surface area (Å²) in [6.45, 7) is 0.295. The molecule has 3 aliphatic rings. The van der Waals surface area contributed by atoms with Crippen molar-refractivity contribution in [3.8, 4) is 17.6 Å². The summed E-state index contributed by atoms with van der Waals surface area (Å²) in [6, 6.07) is 14.5. The van der Waals surface area contributed by atoms with Gasteiger partial charge in [0.1, 0.15) is 12.3 Å². The van der Waals surface area contributed by atoms with E-state index >= 15 is 0 Å². The number of aliphatic hydroxyl groups is 1. The zero-order valence-corrected chi connectivity index (χ0v) is 20.7. The molecule has 1 saturated carbocycles. The minimum Gasteiger partial charge on any atom is -0.497 e. The van der Waals surface area contributed by atoms with Crippen LogP contribution in [0.4, 0.5) is 10.5 Å². The highest BCUT2D eigenvalue weighted by Crippen LogP contribution is 2.43. The number of hydrogen-bond donors (Lipinski definition) is 2. The number of piperazine rings is 1. The second-order valence-electron chi connectivity index (χ2n) is 9.91. The molecule has 3 atom stereocenters. The molecule has 1 aliphatic carbocycles. The molecule has 0 radical (unpaired) electrons. The maximum atomic E-state index is 13.0. The molecule has 0 bridgehead atoms. The lowest BCUT2D eigenvalue weighted by atomic mass is 9.73. The van der Waals surface area contributed by atoms with Crippen LogP contribution in [0.1, 0.15) is 49.1 Å². The lowest BCUT2D eigenvalue weighted by Gasteiger charge is -2.58. The summed E-state index contributed by atoms with van der Waals surface area (Å²) in [6.07, 6.45) is 6.25. The molecule has 3 fully saturated rings. The first kappa shape index (κ1) is 24.2. The molecule has 2 heterocycles. The number of rotatable bonds is 4. The number of urea groups is 1. The fraction of sp³-hybridized carbons (Fsp3) is 0.448. The van der Waals surface area contributed by atoms with Crippen LogP contribution in [0.2, 0.25) is 0 Å². The minimum absolute atomic E-state index is 0.00871. The SMILES string of the molecule is COc1cccc(NC(=O)N2CC(=O)N3[C@H](CO)[C@@H](c4ccc(C#CC5CCCCC5)cc4)[C@@H]3C2)c1. The van der Waals surface area contributed by atoms with E-state index in [1.165, 1.54) is 32.1 Å². The Balaban J connectivity index is 1.28. The summed E-state index contributed by atoms with van der Waals surface area (Å²) in [7, 11) is 1.57. The normalized spacial score (nSPS) is 23.7. The predicted molar refractivity (Wildman–Crippen MR) is 138 cm³/mol. The Morgan fingerprint density at radius 3 is 2.64 bits per heavy atom. The van der Waals surface area contributed by atoms with Gasteiger partial charge < -0.3 is 25.0 Å². The van der Waals surface area contributed by atoms with Crippen LogP contribution in [0.25, 0.3) is 0 Å². The van der Waals surface area contributed by atoms with Gasteiger partial charge in [0.2, 0.25) is 5.91 Å². The fourth-order valence-corrected chi connectivity index (χ4v) is 5.78. The van der Waals surface area contributed by atoms with E-state index in [0.29, 0.717) is 23.9 Å². The second-order valence-corrected chi connectivity index (χ2v) is 9.91. The van der Waals surface area contributed by atoms with Crippen molar-refractivity contribution in [2.75, 3.05) is 32.1 Å². The quantitative estimate of drug-likeness (QED) is 0.643. The number of fused-ring (bicyclic) bond motifs is 1. The highest BCUT2D eigenvalue weighted by atomic mass is 16.5.